The van der Waals surface area contributed by atoms with E-state index in [9.17, 15) is 4.39 Å². The summed E-state index contributed by atoms with van der Waals surface area (Å²) in [4.78, 5) is 4.33. The minimum absolute atomic E-state index is 0.233. The molecule has 0 atom stereocenters. The molecule has 0 saturated heterocycles. The molecule has 1 aromatic heterocycles. The van der Waals surface area contributed by atoms with Crippen LogP contribution in [-0.4, -0.2) is 16.1 Å². The smallest absolute Gasteiger partial charge is 0.147 e. The molecule has 3 rings (SSSR count). The van der Waals surface area contributed by atoms with Crippen molar-refractivity contribution in [3.8, 4) is 5.69 Å². The van der Waals surface area contributed by atoms with Crippen LogP contribution in [0.1, 0.15) is 12.5 Å². The van der Waals surface area contributed by atoms with Gasteiger partial charge in [0.1, 0.15) is 12.1 Å². The van der Waals surface area contributed by atoms with Crippen LogP contribution in [0.15, 0.2) is 48.8 Å². The molecule has 2 aromatic carbocycles. The summed E-state index contributed by atoms with van der Waals surface area (Å²) >= 11 is 0. The summed E-state index contributed by atoms with van der Waals surface area (Å²) < 4.78 is 16.1. The van der Waals surface area contributed by atoms with Crippen molar-refractivity contribution in [2.45, 2.75) is 13.5 Å². The number of nitrogens with zero attached hydrogens (tertiary/aromatic N) is 2. The van der Waals surface area contributed by atoms with Crippen LogP contribution in [0.3, 0.4) is 0 Å². The Morgan fingerprint density at radius 2 is 2.00 bits per heavy atom. The van der Waals surface area contributed by atoms with E-state index in [0.29, 0.717) is 12.2 Å². The van der Waals surface area contributed by atoms with E-state index in [1.807, 2.05) is 41.8 Å². The zero-order chi connectivity index (χ0) is 13.9. The lowest BCUT2D eigenvalue weighted by Crippen LogP contribution is -2.14. The molecule has 3 nitrogen and oxygen atoms in total. The van der Waals surface area contributed by atoms with Gasteiger partial charge in [0.2, 0.25) is 0 Å². The van der Waals surface area contributed by atoms with Crippen LogP contribution < -0.4 is 5.32 Å². The van der Waals surface area contributed by atoms with Gasteiger partial charge < -0.3 is 5.32 Å². The predicted molar refractivity (Wildman–Crippen MR) is 78.4 cm³/mol. The van der Waals surface area contributed by atoms with E-state index < -0.39 is 0 Å². The third-order valence-electron chi connectivity index (χ3n) is 3.33. The first-order chi connectivity index (χ1) is 9.81. The Balaban J connectivity index is 2.18. The monoisotopic (exact) mass is 269 g/mol. The first-order valence-corrected chi connectivity index (χ1v) is 6.72. The van der Waals surface area contributed by atoms with Gasteiger partial charge in [-0.2, -0.15) is 0 Å². The van der Waals surface area contributed by atoms with Gasteiger partial charge in [-0.3, -0.25) is 4.57 Å². The van der Waals surface area contributed by atoms with Crippen molar-refractivity contribution < 1.29 is 4.39 Å². The van der Waals surface area contributed by atoms with Crippen molar-refractivity contribution in [1.29, 1.82) is 0 Å². The van der Waals surface area contributed by atoms with Crippen molar-refractivity contribution in [1.82, 2.24) is 14.9 Å². The molecule has 0 bridgehead atoms. The first-order valence-electron chi connectivity index (χ1n) is 6.72. The molecule has 0 aliphatic heterocycles. The topological polar surface area (TPSA) is 29.9 Å². The van der Waals surface area contributed by atoms with Crippen molar-refractivity contribution >= 4 is 11.0 Å². The van der Waals surface area contributed by atoms with Crippen LogP contribution in [0.4, 0.5) is 4.39 Å². The van der Waals surface area contributed by atoms with Crippen molar-refractivity contribution in [2.24, 2.45) is 0 Å². The van der Waals surface area contributed by atoms with Crippen LogP contribution >= 0.6 is 0 Å². The Labute approximate surface area is 117 Å². The third-order valence-corrected chi connectivity index (χ3v) is 3.33. The Hall–Kier alpha value is -2.20. The number of hydrogen-bond donors (Lipinski definition) is 1. The number of benzene rings is 2. The molecule has 0 saturated carbocycles. The van der Waals surface area contributed by atoms with Crippen LogP contribution in [0.2, 0.25) is 0 Å². The molecule has 0 aliphatic carbocycles. The molecule has 4 heteroatoms. The van der Waals surface area contributed by atoms with Crippen LogP contribution in [0.25, 0.3) is 16.7 Å². The van der Waals surface area contributed by atoms with Crippen molar-refractivity contribution in [2.75, 3.05) is 6.54 Å². The molecule has 102 valence electrons. The molecule has 0 unspecified atom stereocenters. The Morgan fingerprint density at radius 3 is 2.85 bits per heavy atom. The van der Waals surface area contributed by atoms with Gasteiger partial charge in [-0.1, -0.05) is 31.2 Å². The maximum absolute atomic E-state index is 14.3. The lowest BCUT2D eigenvalue weighted by Gasteiger charge is -2.12. The number of aromatic nitrogens is 2. The minimum Gasteiger partial charge on any atom is -0.313 e. The van der Waals surface area contributed by atoms with Crippen LogP contribution in [0.5, 0.6) is 0 Å². The summed E-state index contributed by atoms with van der Waals surface area (Å²) in [6, 6.07) is 12.9. The summed E-state index contributed by atoms with van der Waals surface area (Å²) in [5.74, 6) is -0.233. The fourth-order valence-electron chi connectivity index (χ4n) is 2.37. The van der Waals surface area contributed by atoms with E-state index in [1.165, 1.54) is 6.07 Å². The number of rotatable bonds is 4. The van der Waals surface area contributed by atoms with E-state index in [1.54, 1.807) is 12.4 Å². The average Bonchev–Trinajstić information content (AvgIpc) is 2.89. The summed E-state index contributed by atoms with van der Waals surface area (Å²) in [6.45, 7) is 3.52. The summed E-state index contributed by atoms with van der Waals surface area (Å²) in [5, 5.41) is 3.24. The Morgan fingerprint density at radius 1 is 1.15 bits per heavy atom. The molecular formula is C16H16FN3. The summed E-state index contributed by atoms with van der Waals surface area (Å²) in [5.41, 5.74) is 3.28. The molecule has 0 radical (unpaired) electrons. The molecule has 1 N–H and O–H groups in total. The van der Waals surface area contributed by atoms with Gasteiger partial charge in [0.15, 0.2) is 0 Å². The van der Waals surface area contributed by atoms with Gasteiger partial charge in [-0.05, 0) is 30.3 Å². The summed E-state index contributed by atoms with van der Waals surface area (Å²) in [7, 11) is 0. The fourth-order valence-corrected chi connectivity index (χ4v) is 2.37. The largest absolute Gasteiger partial charge is 0.313 e. The van der Waals surface area contributed by atoms with Crippen molar-refractivity contribution in [3.63, 3.8) is 0 Å². The quantitative estimate of drug-likeness (QED) is 0.787. The fraction of sp³-hybridized carbons (Fsp3) is 0.188. The van der Waals surface area contributed by atoms with Gasteiger partial charge in [0.05, 0.1) is 16.7 Å². The molecule has 1 heterocycles. The lowest BCUT2D eigenvalue weighted by atomic mass is 10.1. The molecule has 0 spiro atoms. The van der Waals surface area contributed by atoms with E-state index in [4.69, 9.17) is 0 Å². The molecule has 0 fully saturated rings. The van der Waals surface area contributed by atoms with Gasteiger partial charge in [0.25, 0.3) is 0 Å². The van der Waals surface area contributed by atoms with Gasteiger partial charge in [-0.15, -0.1) is 0 Å². The number of fused-ring (bicyclic) bond motifs is 1. The number of hydrogen-bond acceptors (Lipinski definition) is 2. The van der Waals surface area contributed by atoms with E-state index in [0.717, 1.165) is 23.1 Å². The molecule has 0 aliphatic rings. The maximum Gasteiger partial charge on any atom is 0.147 e. The Bertz CT molecular complexity index is 733. The van der Waals surface area contributed by atoms with Gasteiger partial charge >= 0.3 is 0 Å². The van der Waals surface area contributed by atoms with Crippen LogP contribution in [-0.2, 0) is 6.54 Å². The Kier molecular flexibility index (Phi) is 3.48. The SMILES string of the molecule is CCNCc1cccc(F)c1-n1cnc2ccccc21. The van der Waals surface area contributed by atoms with Gasteiger partial charge in [-0.25, -0.2) is 9.37 Å². The van der Waals surface area contributed by atoms with E-state index >= 15 is 0 Å². The second-order valence-corrected chi connectivity index (χ2v) is 4.63. The van der Waals surface area contributed by atoms with E-state index in [-0.39, 0.29) is 5.82 Å². The number of halogens is 1. The predicted octanol–water partition coefficient (Wildman–Crippen LogP) is 3.27. The number of imidazole rings is 1. The van der Waals surface area contributed by atoms with Gasteiger partial charge in [0, 0.05) is 6.54 Å². The zero-order valence-electron chi connectivity index (χ0n) is 11.3. The number of para-hydroxylation sites is 3. The minimum atomic E-state index is -0.233. The normalized spacial score (nSPS) is 11.1. The highest BCUT2D eigenvalue weighted by Gasteiger charge is 2.12. The average molecular weight is 269 g/mol. The number of nitrogens with one attached hydrogen (secondary N) is 1. The standard InChI is InChI=1S/C16H16FN3/c1-2-18-10-12-6-5-7-13(17)16(12)20-11-19-14-8-3-4-9-15(14)20/h3-9,11,18H,2,10H2,1H3. The highest BCUT2D eigenvalue weighted by atomic mass is 19.1. The lowest BCUT2D eigenvalue weighted by molar-refractivity contribution is 0.612. The first kappa shape index (κ1) is 12.8. The molecule has 20 heavy (non-hydrogen) atoms. The van der Waals surface area contributed by atoms with Crippen LogP contribution in [0, 0.1) is 5.82 Å². The third kappa shape index (κ3) is 2.18. The molecule has 0 amide bonds. The molecular weight excluding hydrogens is 253 g/mol. The zero-order valence-corrected chi connectivity index (χ0v) is 11.3. The summed E-state index contributed by atoms with van der Waals surface area (Å²) in [6.07, 6.45) is 1.68. The highest BCUT2D eigenvalue weighted by Crippen LogP contribution is 2.23. The second-order valence-electron chi connectivity index (χ2n) is 4.63. The second kappa shape index (κ2) is 5.43. The van der Waals surface area contributed by atoms with Crippen molar-refractivity contribution in [3.05, 3.63) is 60.2 Å². The molecule has 3 aromatic rings. The van der Waals surface area contributed by atoms with E-state index in [2.05, 4.69) is 10.3 Å². The maximum atomic E-state index is 14.3. The highest BCUT2D eigenvalue weighted by molar-refractivity contribution is 5.77.